The first-order chi connectivity index (χ1) is 6.93. The third kappa shape index (κ3) is 4.42. The molecule has 0 saturated heterocycles. The average Bonchev–Trinajstić information content (AvgIpc) is 2.61. The highest BCUT2D eigenvalue weighted by atomic mass is 35.5. The lowest BCUT2D eigenvalue weighted by Gasteiger charge is -2.12. The molecule has 16 heavy (non-hydrogen) atoms. The van der Waals surface area contributed by atoms with Crippen molar-refractivity contribution in [2.24, 2.45) is 5.73 Å². The first-order valence-electron chi connectivity index (χ1n) is 4.73. The summed E-state index contributed by atoms with van der Waals surface area (Å²) in [6, 6.07) is 0. The first kappa shape index (κ1) is 15.3. The number of nitrogens with zero attached hydrogens (tertiary/aromatic N) is 2. The highest BCUT2D eigenvalue weighted by Gasteiger charge is 2.19. The van der Waals surface area contributed by atoms with Crippen LogP contribution in [0.4, 0.5) is 0 Å². The van der Waals surface area contributed by atoms with Gasteiger partial charge in [-0.15, -0.1) is 22.6 Å². The Morgan fingerprint density at radius 2 is 2.06 bits per heavy atom. The average molecular weight is 265 g/mol. The molecule has 1 heterocycles. The van der Waals surface area contributed by atoms with Crippen LogP contribution < -0.4 is 11.1 Å². The van der Waals surface area contributed by atoms with E-state index < -0.39 is 0 Å². The van der Waals surface area contributed by atoms with Gasteiger partial charge in [0.2, 0.25) is 5.91 Å². The van der Waals surface area contributed by atoms with Crippen molar-refractivity contribution < 1.29 is 4.79 Å². The smallest absolute Gasteiger partial charge is 0.234 e. The Morgan fingerprint density at radius 3 is 2.50 bits per heavy atom. The molecule has 0 unspecified atom stereocenters. The molecule has 0 atom stereocenters. The van der Waals surface area contributed by atoms with Gasteiger partial charge in [0.05, 0.1) is 13.1 Å². The summed E-state index contributed by atoms with van der Waals surface area (Å²) in [5.74, 6) is -0.178. The fraction of sp³-hybridized carbons (Fsp3) is 0.667. The van der Waals surface area contributed by atoms with Crippen LogP contribution in [0.15, 0.2) is 0 Å². The molecule has 0 aliphatic rings. The molecule has 3 N–H and O–H groups in total. The monoisotopic (exact) mass is 264 g/mol. The molecule has 0 bridgehead atoms. The summed E-state index contributed by atoms with van der Waals surface area (Å²) in [5.41, 5.74) is 5.17. The van der Waals surface area contributed by atoms with Crippen molar-refractivity contribution in [3.8, 4) is 0 Å². The molecule has 1 amide bonds. The van der Waals surface area contributed by atoms with Crippen molar-refractivity contribution in [1.82, 2.24) is 15.5 Å². The fourth-order valence-corrected chi connectivity index (χ4v) is 1.71. The van der Waals surface area contributed by atoms with Crippen LogP contribution >= 0.6 is 23.7 Å². The summed E-state index contributed by atoms with van der Waals surface area (Å²) in [7, 11) is 0. The zero-order valence-corrected chi connectivity index (χ0v) is 11.2. The molecule has 0 radical (unpaired) electrons. The van der Waals surface area contributed by atoms with E-state index in [1.807, 2.05) is 0 Å². The Bertz CT molecular complexity index is 348. The van der Waals surface area contributed by atoms with E-state index >= 15 is 0 Å². The summed E-state index contributed by atoms with van der Waals surface area (Å²) in [5, 5.41) is 12.5. The van der Waals surface area contributed by atoms with E-state index in [1.54, 1.807) is 0 Å². The summed E-state index contributed by atoms with van der Waals surface area (Å²) in [6.45, 7) is 6.65. The van der Waals surface area contributed by atoms with Crippen molar-refractivity contribution in [3.63, 3.8) is 0 Å². The molecule has 0 aliphatic carbocycles. The molecule has 5 nitrogen and oxygen atoms in total. The topological polar surface area (TPSA) is 80.9 Å². The van der Waals surface area contributed by atoms with Gasteiger partial charge in [0, 0.05) is 5.41 Å². The third-order valence-electron chi connectivity index (χ3n) is 1.73. The zero-order valence-electron chi connectivity index (χ0n) is 9.61. The number of nitrogens with two attached hydrogens (primary N) is 1. The Balaban J connectivity index is 0.00000225. The van der Waals surface area contributed by atoms with E-state index in [4.69, 9.17) is 5.73 Å². The summed E-state index contributed by atoms with van der Waals surface area (Å²) < 4.78 is 0. The van der Waals surface area contributed by atoms with E-state index in [0.717, 1.165) is 10.0 Å². The van der Waals surface area contributed by atoms with Crippen LogP contribution in [0.1, 0.15) is 30.8 Å². The number of halogens is 1. The molecule has 1 aromatic rings. The summed E-state index contributed by atoms with van der Waals surface area (Å²) >= 11 is 1.51. The van der Waals surface area contributed by atoms with Crippen LogP contribution in [0.25, 0.3) is 0 Å². The van der Waals surface area contributed by atoms with Gasteiger partial charge in [0.15, 0.2) is 0 Å². The summed E-state index contributed by atoms with van der Waals surface area (Å²) in [4.78, 5) is 10.9. The number of carbonyl (C=O) groups excluding carboxylic acids is 1. The van der Waals surface area contributed by atoms with Crippen LogP contribution in [0.5, 0.6) is 0 Å². The molecule has 0 fully saturated rings. The number of rotatable bonds is 3. The minimum absolute atomic E-state index is 0. The minimum Gasteiger partial charge on any atom is -0.348 e. The highest BCUT2D eigenvalue weighted by Crippen LogP contribution is 2.24. The van der Waals surface area contributed by atoms with E-state index in [1.165, 1.54) is 11.3 Å². The van der Waals surface area contributed by atoms with Gasteiger partial charge in [-0.25, -0.2) is 0 Å². The van der Waals surface area contributed by atoms with Crippen LogP contribution in [-0.4, -0.2) is 22.6 Å². The van der Waals surface area contributed by atoms with Crippen LogP contribution in [0, 0.1) is 0 Å². The predicted molar refractivity (Wildman–Crippen MR) is 66.8 cm³/mol. The Hall–Kier alpha value is -0.720. The lowest BCUT2D eigenvalue weighted by molar-refractivity contribution is -0.119. The SMILES string of the molecule is CC(C)(C)c1nnc(CNC(=O)CN)s1.Cl. The number of nitrogens with one attached hydrogen (secondary N) is 1. The fourth-order valence-electron chi connectivity index (χ4n) is 0.874. The van der Waals surface area contributed by atoms with Gasteiger partial charge in [0.1, 0.15) is 10.0 Å². The maximum absolute atomic E-state index is 10.9. The highest BCUT2D eigenvalue weighted by molar-refractivity contribution is 7.11. The van der Waals surface area contributed by atoms with Crippen molar-refractivity contribution >= 4 is 29.7 Å². The molecule has 0 aliphatic heterocycles. The molecule has 0 saturated carbocycles. The quantitative estimate of drug-likeness (QED) is 0.848. The molecular weight excluding hydrogens is 248 g/mol. The van der Waals surface area contributed by atoms with E-state index in [-0.39, 0.29) is 30.3 Å². The maximum Gasteiger partial charge on any atom is 0.234 e. The molecule has 7 heteroatoms. The number of amides is 1. The van der Waals surface area contributed by atoms with Gasteiger partial charge in [-0.2, -0.15) is 0 Å². The normalized spacial score (nSPS) is 10.8. The second-order valence-corrected chi connectivity index (χ2v) is 5.29. The van der Waals surface area contributed by atoms with Gasteiger partial charge in [-0.1, -0.05) is 32.1 Å². The maximum atomic E-state index is 10.9. The lowest BCUT2D eigenvalue weighted by atomic mass is 9.98. The van der Waals surface area contributed by atoms with Crippen molar-refractivity contribution in [3.05, 3.63) is 10.0 Å². The van der Waals surface area contributed by atoms with E-state index in [2.05, 4.69) is 36.3 Å². The Morgan fingerprint density at radius 1 is 1.44 bits per heavy atom. The molecule has 1 aromatic heterocycles. The van der Waals surface area contributed by atoms with Gasteiger partial charge in [-0.05, 0) is 0 Å². The van der Waals surface area contributed by atoms with Crippen molar-refractivity contribution in [2.45, 2.75) is 32.7 Å². The lowest BCUT2D eigenvalue weighted by Crippen LogP contribution is -2.29. The molecule has 0 aromatic carbocycles. The van der Waals surface area contributed by atoms with E-state index in [0.29, 0.717) is 6.54 Å². The van der Waals surface area contributed by atoms with Gasteiger partial charge in [0.25, 0.3) is 0 Å². The zero-order chi connectivity index (χ0) is 11.5. The number of hydrogen-bond donors (Lipinski definition) is 2. The second kappa shape index (κ2) is 6.12. The van der Waals surface area contributed by atoms with Crippen molar-refractivity contribution in [2.75, 3.05) is 6.54 Å². The van der Waals surface area contributed by atoms with Crippen LogP contribution in [-0.2, 0) is 16.8 Å². The predicted octanol–water partition coefficient (Wildman–Crippen LogP) is 0.832. The molecule has 92 valence electrons. The van der Waals surface area contributed by atoms with Crippen molar-refractivity contribution in [1.29, 1.82) is 0 Å². The number of aromatic nitrogens is 2. The molecular formula is C9H17ClN4OS. The van der Waals surface area contributed by atoms with Crippen LogP contribution in [0.3, 0.4) is 0 Å². The standard InChI is InChI=1S/C9H16N4OS.ClH/c1-9(2,3)8-13-12-7(15-8)5-11-6(14)4-10;/h4-5,10H2,1-3H3,(H,11,14);1H. The Labute approximate surface area is 105 Å². The first-order valence-corrected chi connectivity index (χ1v) is 5.54. The number of hydrogen-bond acceptors (Lipinski definition) is 5. The minimum atomic E-state index is -0.178. The second-order valence-electron chi connectivity index (χ2n) is 4.23. The Kier molecular flexibility index (Phi) is 5.85. The summed E-state index contributed by atoms with van der Waals surface area (Å²) in [6.07, 6.45) is 0. The third-order valence-corrected chi connectivity index (χ3v) is 3.08. The van der Waals surface area contributed by atoms with Gasteiger partial charge >= 0.3 is 0 Å². The van der Waals surface area contributed by atoms with Gasteiger partial charge < -0.3 is 11.1 Å². The van der Waals surface area contributed by atoms with E-state index in [9.17, 15) is 4.79 Å². The van der Waals surface area contributed by atoms with Gasteiger partial charge in [-0.3, -0.25) is 4.79 Å². The largest absolute Gasteiger partial charge is 0.348 e. The number of carbonyl (C=O) groups is 1. The molecule has 1 rings (SSSR count). The molecule has 0 spiro atoms. The van der Waals surface area contributed by atoms with Crippen LogP contribution in [0.2, 0.25) is 0 Å².